The molecule has 0 bridgehead atoms. The molecule has 0 aliphatic heterocycles. The fourth-order valence-corrected chi connectivity index (χ4v) is 3.18. The first-order valence-corrected chi connectivity index (χ1v) is 9.04. The van der Waals surface area contributed by atoms with E-state index < -0.39 is 9.84 Å². The number of benzene rings is 1. The Morgan fingerprint density at radius 3 is 2.62 bits per heavy atom. The first kappa shape index (κ1) is 15.8. The molecule has 4 nitrogen and oxygen atoms in total. The van der Waals surface area contributed by atoms with Gasteiger partial charge < -0.3 is 5.32 Å². The Labute approximate surface area is 126 Å². The molecule has 1 aromatic rings. The van der Waals surface area contributed by atoms with Crippen LogP contribution in [-0.4, -0.2) is 20.6 Å². The first-order valence-electron chi connectivity index (χ1n) is 7.15. The van der Waals surface area contributed by atoms with E-state index in [2.05, 4.69) is 11.4 Å². The molecule has 1 aliphatic rings. The van der Waals surface area contributed by atoms with Crippen molar-refractivity contribution in [2.24, 2.45) is 0 Å². The third kappa shape index (κ3) is 4.43. The molecular formula is C16H21NO3S. The average molecular weight is 307 g/mol. The predicted octanol–water partition coefficient (Wildman–Crippen LogP) is 3.23. The SMILES string of the molecule is Cc1cc(S(C)(=O)=O)ccc1NC(=O)CC1=CCCCC1. The number of nitrogens with one attached hydrogen (secondary N) is 1. The predicted molar refractivity (Wildman–Crippen MR) is 84.1 cm³/mol. The highest BCUT2D eigenvalue weighted by Gasteiger charge is 2.12. The summed E-state index contributed by atoms with van der Waals surface area (Å²) in [6.07, 6.45) is 8.17. The molecule has 1 aliphatic carbocycles. The maximum absolute atomic E-state index is 12.0. The van der Waals surface area contributed by atoms with Gasteiger partial charge in [-0.15, -0.1) is 0 Å². The maximum Gasteiger partial charge on any atom is 0.228 e. The van der Waals surface area contributed by atoms with E-state index in [4.69, 9.17) is 0 Å². The molecule has 0 saturated carbocycles. The van der Waals surface area contributed by atoms with Crippen molar-refractivity contribution < 1.29 is 13.2 Å². The van der Waals surface area contributed by atoms with Gasteiger partial charge in [0.05, 0.1) is 4.90 Å². The van der Waals surface area contributed by atoms with Gasteiger partial charge in [0.25, 0.3) is 0 Å². The van der Waals surface area contributed by atoms with Crippen molar-refractivity contribution in [3.63, 3.8) is 0 Å². The van der Waals surface area contributed by atoms with Crippen molar-refractivity contribution in [3.8, 4) is 0 Å². The summed E-state index contributed by atoms with van der Waals surface area (Å²) in [7, 11) is -3.22. The molecule has 0 aromatic heterocycles. The molecule has 5 heteroatoms. The molecule has 0 radical (unpaired) electrons. The molecule has 0 heterocycles. The van der Waals surface area contributed by atoms with Gasteiger partial charge in [-0.25, -0.2) is 8.42 Å². The van der Waals surface area contributed by atoms with Gasteiger partial charge in [0.1, 0.15) is 0 Å². The van der Waals surface area contributed by atoms with E-state index in [1.54, 1.807) is 19.1 Å². The van der Waals surface area contributed by atoms with Crippen molar-refractivity contribution in [2.45, 2.75) is 43.9 Å². The van der Waals surface area contributed by atoms with E-state index in [0.717, 1.165) is 24.8 Å². The Bertz CT molecular complexity index is 675. The lowest BCUT2D eigenvalue weighted by atomic mass is 9.97. The summed E-state index contributed by atoms with van der Waals surface area (Å²) in [4.78, 5) is 12.3. The lowest BCUT2D eigenvalue weighted by molar-refractivity contribution is -0.115. The monoisotopic (exact) mass is 307 g/mol. The second-order valence-electron chi connectivity index (χ2n) is 5.58. The van der Waals surface area contributed by atoms with Gasteiger partial charge >= 0.3 is 0 Å². The summed E-state index contributed by atoms with van der Waals surface area (Å²) in [6.45, 7) is 1.80. The van der Waals surface area contributed by atoms with E-state index in [9.17, 15) is 13.2 Å². The summed E-state index contributed by atoms with van der Waals surface area (Å²) >= 11 is 0. The molecule has 0 fully saturated rings. The van der Waals surface area contributed by atoms with Crippen molar-refractivity contribution in [1.29, 1.82) is 0 Å². The molecule has 0 spiro atoms. The van der Waals surface area contributed by atoms with Crippen LogP contribution in [0.5, 0.6) is 0 Å². The molecule has 1 N–H and O–H groups in total. The number of rotatable bonds is 4. The maximum atomic E-state index is 12.0. The Hall–Kier alpha value is -1.62. The Morgan fingerprint density at radius 1 is 1.29 bits per heavy atom. The number of aryl methyl sites for hydroxylation is 1. The average Bonchev–Trinajstić information content (AvgIpc) is 2.41. The zero-order valence-electron chi connectivity index (χ0n) is 12.5. The number of amides is 1. The molecule has 1 amide bonds. The number of hydrogen-bond acceptors (Lipinski definition) is 3. The fraction of sp³-hybridized carbons (Fsp3) is 0.438. The number of carbonyl (C=O) groups is 1. The normalized spacial score (nSPS) is 15.4. The standard InChI is InChI=1S/C16H21NO3S/c1-12-10-14(21(2,19)20)8-9-15(12)17-16(18)11-13-6-4-3-5-7-13/h6,8-10H,3-5,7,11H2,1-2H3,(H,17,18). The van der Waals surface area contributed by atoms with Crippen LogP contribution >= 0.6 is 0 Å². The zero-order valence-corrected chi connectivity index (χ0v) is 13.3. The molecule has 2 rings (SSSR count). The Kier molecular flexibility index (Phi) is 4.83. The third-order valence-corrected chi connectivity index (χ3v) is 4.78. The quantitative estimate of drug-likeness (QED) is 0.869. The van der Waals surface area contributed by atoms with Crippen LogP contribution in [0.4, 0.5) is 5.69 Å². The minimum Gasteiger partial charge on any atom is -0.326 e. The van der Waals surface area contributed by atoms with Crippen LogP contribution in [0.25, 0.3) is 0 Å². The highest BCUT2D eigenvalue weighted by Crippen LogP contribution is 2.23. The van der Waals surface area contributed by atoms with Gasteiger partial charge in [-0.2, -0.15) is 0 Å². The van der Waals surface area contributed by atoms with E-state index in [1.807, 2.05) is 0 Å². The summed E-state index contributed by atoms with van der Waals surface area (Å²) < 4.78 is 23.0. The van der Waals surface area contributed by atoms with Gasteiger partial charge in [-0.1, -0.05) is 11.6 Å². The van der Waals surface area contributed by atoms with Gasteiger partial charge in [-0.3, -0.25) is 4.79 Å². The molecule has 114 valence electrons. The van der Waals surface area contributed by atoms with Gasteiger partial charge in [0.2, 0.25) is 5.91 Å². The largest absolute Gasteiger partial charge is 0.326 e. The summed E-state index contributed by atoms with van der Waals surface area (Å²) in [5.74, 6) is -0.0432. The topological polar surface area (TPSA) is 63.2 Å². The van der Waals surface area contributed by atoms with Crippen molar-refractivity contribution >= 4 is 21.4 Å². The second-order valence-corrected chi connectivity index (χ2v) is 7.60. The summed E-state index contributed by atoms with van der Waals surface area (Å²) in [5.41, 5.74) is 2.62. The molecule has 0 unspecified atom stereocenters. The number of hydrogen-bond donors (Lipinski definition) is 1. The second kappa shape index (κ2) is 6.43. The van der Waals surface area contributed by atoms with E-state index in [0.29, 0.717) is 12.1 Å². The molecule has 21 heavy (non-hydrogen) atoms. The fourth-order valence-electron chi connectivity index (χ4n) is 2.47. The van der Waals surface area contributed by atoms with Gasteiger partial charge in [-0.05, 0) is 56.4 Å². The van der Waals surface area contributed by atoms with Crippen LogP contribution in [0.2, 0.25) is 0 Å². The number of carbonyl (C=O) groups excluding carboxylic acids is 1. The van der Waals surface area contributed by atoms with Crippen LogP contribution in [-0.2, 0) is 14.6 Å². The summed E-state index contributed by atoms with van der Waals surface area (Å²) in [6, 6.07) is 4.77. The van der Waals surface area contributed by atoms with Gasteiger partial charge in [0, 0.05) is 18.4 Å². The van der Waals surface area contributed by atoms with Crippen LogP contribution in [0.3, 0.4) is 0 Å². The van der Waals surface area contributed by atoms with Gasteiger partial charge in [0.15, 0.2) is 9.84 Å². The van der Waals surface area contributed by atoms with Crippen molar-refractivity contribution in [1.82, 2.24) is 0 Å². The molecule has 0 saturated heterocycles. The van der Waals surface area contributed by atoms with Crippen LogP contribution < -0.4 is 5.32 Å². The molecule has 1 aromatic carbocycles. The number of allylic oxidation sites excluding steroid dienone is 1. The molecular weight excluding hydrogens is 286 g/mol. The van der Waals surface area contributed by atoms with E-state index in [1.165, 1.54) is 24.3 Å². The minimum absolute atomic E-state index is 0.0432. The van der Waals surface area contributed by atoms with Crippen LogP contribution in [0.15, 0.2) is 34.7 Å². The smallest absolute Gasteiger partial charge is 0.228 e. The van der Waals surface area contributed by atoms with Crippen molar-refractivity contribution in [3.05, 3.63) is 35.4 Å². The number of sulfone groups is 1. The lowest BCUT2D eigenvalue weighted by Crippen LogP contribution is -2.14. The third-order valence-electron chi connectivity index (χ3n) is 3.67. The zero-order chi connectivity index (χ0) is 15.5. The van der Waals surface area contributed by atoms with E-state index in [-0.39, 0.29) is 10.8 Å². The lowest BCUT2D eigenvalue weighted by Gasteiger charge is -2.14. The number of anilines is 1. The molecule has 0 atom stereocenters. The minimum atomic E-state index is -3.22. The van der Waals surface area contributed by atoms with E-state index >= 15 is 0 Å². The highest BCUT2D eigenvalue weighted by atomic mass is 32.2. The highest BCUT2D eigenvalue weighted by molar-refractivity contribution is 7.90. The van der Waals surface area contributed by atoms with Crippen LogP contribution in [0, 0.1) is 6.92 Å². The van der Waals surface area contributed by atoms with Crippen molar-refractivity contribution in [2.75, 3.05) is 11.6 Å². The first-order chi connectivity index (χ1) is 9.86. The van der Waals surface area contributed by atoms with Crippen LogP contribution in [0.1, 0.15) is 37.7 Å². The Balaban J connectivity index is 2.06. The Morgan fingerprint density at radius 2 is 2.05 bits per heavy atom. The summed E-state index contributed by atoms with van der Waals surface area (Å²) in [5, 5.41) is 2.86.